The van der Waals surface area contributed by atoms with Gasteiger partial charge in [-0.3, -0.25) is 20.3 Å². The van der Waals surface area contributed by atoms with Gasteiger partial charge in [0.1, 0.15) is 0 Å². The molecule has 0 saturated carbocycles. The number of rotatable bonds is 16. The molecule has 0 fully saturated rings. The van der Waals surface area contributed by atoms with Crippen molar-refractivity contribution in [2.75, 3.05) is 39.4 Å². The topological polar surface area (TPSA) is 195 Å². The van der Waals surface area contributed by atoms with Crippen molar-refractivity contribution in [1.82, 2.24) is 43.1 Å². The molecule has 0 rings (SSSR count). The minimum absolute atomic E-state index is 0.0551. The van der Waals surface area contributed by atoms with Gasteiger partial charge in [0, 0.05) is 90.1 Å². The van der Waals surface area contributed by atoms with Crippen LogP contribution in [-0.2, 0) is 0 Å². The molecule has 16 nitrogen and oxygen atoms in total. The summed E-state index contributed by atoms with van der Waals surface area (Å²) in [6.45, 7) is 140. The number of nitrogens with one attached hydrogen (secondary N) is 8. The molecule has 16 heteroatoms. The van der Waals surface area contributed by atoms with Crippen LogP contribution >= 0.6 is 0 Å². The SMILES string of the molecule is CC.CC.CC.CC.CC.CC.CC.CC(C)(C)/C=C\NNC(C)(C)C.CC(C)(C)/C=N\NCC(C)(C)C.CC(C)(C)C/C=N\NC(C)(C)C.CC(C)(C)C/C=N\NC(C)(C)C.CC(C)(C)C=NCNC(C)(C)C.CC(C)(C)CN=CNC(C)(C)C.CC(C)(C)CN=NCC(C)(C)C.CC(C)(C)N=CCNC(C)(C)C.CCC. The first-order valence-electron chi connectivity index (χ1n) is 44.3. The van der Waals surface area contributed by atoms with Crippen LogP contribution < -0.4 is 43.1 Å². The van der Waals surface area contributed by atoms with Gasteiger partial charge in [0.15, 0.2) is 0 Å². The van der Waals surface area contributed by atoms with Crippen LogP contribution in [0.3, 0.4) is 0 Å². The number of hydrogen-bond donors (Lipinski definition) is 8. The predicted octanol–water partition coefficient (Wildman–Crippen LogP) is 30.0. The van der Waals surface area contributed by atoms with Gasteiger partial charge in [0.05, 0.1) is 31.6 Å². The third kappa shape index (κ3) is 262. The summed E-state index contributed by atoms with van der Waals surface area (Å²) in [7, 11) is 0. The van der Waals surface area contributed by atoms with Gasteiger partial charge in [-0.25, -0.2) is 5.43 Å². The predicted molar refractivity (Wildman–Crippen MR) is 537 cm³/mol. The van der Waals surface area contributed by atoms with Crippen molar-refractivity contribution in [1.29, 1.82) is 0 Å². The third-order valence-electron chi connectivity index (χ3n) is 9.38. The highest BCUT2D eigenvalue weighted by molar-refractivity contribution is 5.64. The molecule has 0 saturated heterocycles. The van der Waals surface area contributed by atoms with E-state index in [0.717, 1.165) is 45.6 Å². The van der Waals surface area contributed by atoms with E-state index >= 15 is 0 Å². The fraction of sp³-hybridized carbons (Fsp3) is 0.918. The number of azo groups is 1. The van der Waals surface area contributed by atoms with Crippen molar-refractivity contribution in [2.24, 2.45) is 89.2 Å². The summed E-state index contributed by atoms with van der Waals surface area (Å²) in [5.41, 5.74) is 18.6. The monoisotopic (exact) mass is 1620 g/mol. The van der Waals surface area contributed by atoms with E-state index in [2.05, 4.69) is 436 Å². The fourth-order valence-corrected chi connectivity index (χ4v) is 4.55. The van der Waals surface area contributed by atoms with Gasteiger partial charge < -0.3 is 32.3 Å². The molecular weight excluding hydrogens is 1390 g/mol. The fourth-order valence-electron chi connectivity index (χ4n) is 4.55. The maximum atomic E-state index is 4.37. The first kappa shape index (κ1) is 147. The van der Waals surface area contributed by atoms with Crippen molar-refractivity contribution in [2.45, 2.75) is 501 Å². The van der Waals surface area contributed by atoms with Gasteiger partial charge in [-0.1, -0.05) is 310 Å². The van der Waals surface area contributed by atoms with Crippen LogP contribution in [0.5, 0.6) is 0 Å². The van der Waals surface area contributed by atoms with Gasteiger partial charge in [0.25, 0.3) is 0 Å². The summed E-state index contributed by atoms with van der Waals surface area (Å²) in [6, 6.07) is 0. The van der Waals surface area contributed by atoms with E-state index in [9.17, 15) is 0 Å². The second kappa shape index (κ2) is 79.4. The number of hydrogen-bond acceptors (Lipinski definition) is 15. The summed E-state index contributed by atoms with van der Waals surface area (Å²) in [5, 5.41) is 30.6. The molecule has 0 aliphatic carbocycles. The van der Waals surface area contributed by atoms with Crippen molar-refractivity contribution < 1.29 is 0 Å². The Morgan fingerprint density at radius 2 is 0.619 bits per heavy atom. The Bertz CT molecular complexity index is 1730. The minimum Gasteiger partial charge on any atom is -0.372 e. The van der Waals surface area contributed by atoms with Crippen LogP contribution in [0, 0.1) is 48.7 Å². The zero-order valence-corrected chi connectivity index (χ0v) is 90.6. The number of hydrazine groups is 1. The number of nitrogens with zero attached hydrogens (tertiary/aromatic N) is 8. The van der Waals surface area contributed by atoms with Crippen LogP contribution in [-0.4, -0.2) is 116 Å². The average molecular weight is 1620 g/mol. The Balaban J connectivity index is -0.0000000660. The summed E-state index contributed by atoms with van der Waals surface area (Å²) >= 11 is 0. The van der Waals surface area contributed by atoms with Crippen molar-refractivity contribution in [3.8, 4) is 0 Å². The van der Waals surface area contributed by atoms with E-state index in [-0.39, 0.29) is 71.3 Å². The molecule has 0 unspecified atom stereocenters. The lowest BCUT2D eigenvalue weighted by atomic mass is 9.93. The van der Waals surface area contributed by atoms with Crippen LogP contribution in [0.25, 0.3) is 0 Å². The lowest BCUT2D eigenvalue weighted by Gasteiger charge is -2.20. The van der Waals surface area contributed by atoms with Gasteiger partial charge in [-0.15, -0.1) is 0 Å². The molecule has 0 spiro atoms. The quantitative estimate of drug-likeness (QED) is 0.0324. The van der Waals surface area contributed by atoms with Gasteiger partial charge >= 0.3 is 0 Å². The van der Waals surface area contributed by atoms with Crippen molar-refractivity contribution in [3.63, 3.8) is 0 Å². The molecule has 0 radical (unpaired) electrons. The van der Waals surface area contributed by atoms with E-state index in [4.69, 9.17) is 0 Å². The standard InChI is InChI=1S/8C10H22N2.C3H8.7C2H6/c2*1-9(2,3)7-11-8-12-10(4,5)6;2*1-9(2,3)7-11-12-8-10(4,5)6;1-9(2,3)11-7-8-12-10(4,5)6;3*1-9(2,3)7-8-11-12-10(4,5)6;1-3-2;7*1-2/h8H,7H2,1-6H3,(H,11,12);7,12H,8H2,1-6H3;7-8H2,1-6H3;2*7,12H,8H2,1-6H3;2*8,12H,7H2,1-6H3;7-8,11-12H,1-6H3;3H2,1-2H3;7*1-2H3/b;;;11-7-;;2*11-8-;8-7-;;;;;;;;. The molecule has 0 aliphatic heterocycles. The Morgan fingerprint density at radius 1 is 0.301 bits per heavy atom. The highest BCUT2D eigenvalue weighted by Gasteiger charge is 2.16. The Hall–Kier alpha value is -3.76. The Labute approximate surface area is 718 Å². The van der Waals surface area contributed by atoms with Crippen LogP contribution in [0.1, 0.15) is 462 Å². The molecule has 8 N–H and O–H groups in total. The van der Waals surface area contributed by atoms with Crippen molar-refractivity contribution in [3.05, 3.63) is 12.3 Å². The largest absolute Gasteiger partial charge is 0.372 e. The molecular formula is C97H226N16. The maximum absolute atomic E-state index is 4.37. The highest BCUT2D eigenvalue weighted by atomic mass is 15.4. The molecule has 0 amide bonds. The molecule has 0 atom stereocenters. The first-order chi connectivity index (χ1) is 50.1. The lowest BCUT2D eigenvalue weighted by Crippen LogP contribution is -2.43. The normalized spacial score (nSPS) is 12.4. The zero-order valence-electron chi connectivity index (χ0n) is 90.6. The molecule has 0 aromatic carbocycles. The lowest BCUT2D eigenvalue weighted by molar-refractivity contribution is 0.384. The summed E-state index contributed by atoms with van der Waals surface area (Å²) < 4.78 is 0. The highest BCUT2D eigenvalue weighted by Crippen LogP contribution is 2.19. The van der Waals surface area contributed by atoms with Crippen LogP contribution in [0.15, 0.2) is 52.8 Å². The molecule has 0 aliphatic rings. The van der Waals surface area contributed by atoms with E-state index in [1.54, 1.807) is 0 Å². The Kier molecular flexibility index (Phi) is 103. The van der Waals surface area contributed by atoms with E-state index in [1.165, 1.54) is 6.42 Å². The second-order valence-corrected chi connectivity index (χ2v) is 43.8. The third-order valence-corrected chi connectivity index (χ3v) is 9.38. The number of allylic oxidation sites excluding steroid dienone is 1. The van der Waals surface area contributed by atoms with Gasteiger partial charge in [0.2, 0.25) is 0 Å². The maximum Gasteiger partial charge on any atom is 0.0884 e. The van der Waals surface area contributed by atoms with Crippen LogP contribution in [0.4, 0.5) is 0 Å². The first-order valence-corrected chi connectivity index (χ1v) is 44.3. The van der Waals surface area contributed by atoms with E-state index in [0.29, 0.717) is 22.9 Å². The molecule has 0 aromatic heterocycles. The van der Waals surface area contributed by atoms with E-state index < -0.39 is 0 Å². The van der Waals surface area contributed by atoms with Gasteiger partial charge in [-0.05, 0) is 207 Å². The van der Waals surface area contributed by atoms with Crippen molar-refractivity contribution >= 4 is 37.4 Å². The Morgan fingerprint density at radius 3 is 0.850 bits per heavy atom. The summed E-state index contributed by atoms with van der Waals surface area (Å²) in [4.78, 5) is 13.0. The number of aliphatic imine (C=N–C) groups is 3. The van der Waals surface area contributed by atoms with Crippen LogP contribution in [0.2, 0.25) is 0 Å². The number of hydrazone groups is 3. The minimum atomic E-state index is 0.0551. The average Bonchev–Trinajstić information content (AvgIpc) is 0.990. The molecule has 694 valence electrons. The second-order valence-electron chi connectivity index (χ2n) is 43.8. The molecule has 0 aromatic rings. The smallest absolute Gasteiger partial charge is 0.0884 e. The zero-order chi connectivity index (χ0) is 95.3. The summed E-state index contributed by atoms with van der Waals surface area (Å²) in [5.74, 6) is 0. The summed E-state index contributed by atoms with van der Waals surface area (Å²) in [6.07, 6.45) is 18.9. The molecule has 0 bridgehead atoms. The molecule has 0 heterocycles. The molecule has 113 heavy (non-hydrogen) atoms. The van der Waals surface area contributed by atoms with Gasteiger partial charge in [-0.2, -0.15) is 25.5 Å². The van der Waals surface area contributed by atoms with E-state index in [1.807, 2.05) is 141 Å².